The molecule has 0 fully saturated rings. The Morgan fingerprint density at radius 2 is 1.71 bits per heavy atom. The quantitative estimate of drug-likeness (QED) is 0.464. The summed E-state index contributed by atoms with van der Waals surface area (Å²) in [7, 11) is 1.45. The van der Waals surface area contributed by atoms with Gasteiger partial charge in [-0.2, -0.15) is 0 Å². The van der Waals surface area contributed by atoms with Crippen LogP contribution < -0.4 is 9.64 Å². The molecule has 1 heterocycles. The van der Waals surface area contributed by atoms with E-state index in [0.717, 1.165) is 6.92 Å². The van der Waals surface area contributed by atoms with Crippen LogP contribution in [0.3, 0.4) is 0 Å². The van der Waals surface area contributed by atoms with Gasteiger partial charge in [0.1, 0.15) is 11.4 Å². The van der Waals surface area contributed by atoms with Gasteiger partial charge in [0.2, 0.25) is 5.88 Å². The number of hydrogen-bond donors (Lipinski definition) is 0. The number of anilines is 1. The topological polar surface area (TPSA) is 42.4 Å². The van der Waals surface area contributed by atoms with Gasteiger partial charge in [0.15, 0.2) is 23.2 Å². The van der Waals surface area contributed by atoms with E-state index in [0.29, 0.717) is 11.8 Å². The van der Waals surface area contributed by atoms with Crippen LogP contribution in [0.4, 0.5) is 23.2 Å². The minimum Gasteiger partial charge on any atom is -0.435 e. The monoisotopic (exact) mass is 390 g/mol. The van der Waals surface area contributed by atoms with Gasteiger partial charge in [0.05, 0.1) is 0 Å². The highest BCUT2D eigenvalue weighted by Crippen LogP contribution is 2.31. The third-order valence-corrected chi connectivity index (χ3v) is 4.07. The Labute approximate surface area is 158 Å². The molecule has 0 N–H and O–H groups in total. The first-order valence-electron chi connectivity index (χ1n) is 8.10. The fourth-order valence-corrected chi connectivity index (χ4v) is 2.48. The molecule has 2 aromatic carbocycles. The van der Waals surface area contributed by atoms with Crippen LogP contribution in [0.5, 0.6) is 11.6 Å². The first kappa shape index (κ1) is 19.3. The summed E-state index contributed by atoms with van der Waals surface area (Å²) in [6.07, 6.45) is 1.30. The molecule has 0 aliphatic carbocycles. The maximum Gasteiger partial charge on any atom is 0.263 e. The molecule has 0 aliphatic heterocycles. The first-order valence-corrected chi connectivity index (χ1v) is 8.10. The van der Waals surface area contributed by atoms with Gasteiger partial charge in [-0.05, 0) is 43.3 Å². The highest BCUT2D eigenvalue weighted by atomic mass is 19.2. The Morgan fingerprint density at radius 3 is 2.39 bits per heavy atom. The molecule has 4 nitrogen and oxygen atoms in total. The number of carbonyl (C=O) groups is 1. The molecule has 0 saturated heterocycles. The molecule has 0 unspecified atom stereocenters. The summed E-state index contributed by atoms with van der Waals surface area (Å²) in [5.74, 6) is -5.64. The van der Waals surface area contributed by atoms with Gasteiger partial charge in [-0.15, -0.1) is 0 Å². The smallest absolute Gasteiger partial charge is 0.263 e. The van der Waals surface area contributed by atoms with E-state index in [-0.39, 0.29) is 11.4 Å². The minimum absolute atomic E-state index is 0.0453. The summed E-state index contributed by atoms with van der Waals surface area (Å²) >= 11 is 0. The number of carbonyl (C=O) groups excluding carboxylic acids is 1. The van der Waals surface area contributed by atoms with E-state index in [1.165, 1.54) is 54.5 Å². The third kappa shape index (κ3) is 3.66. The van der Waals surface area contributed by atoms with Gasteiger partial charge in [0, 0.05) is 30.6 Å². The van der Waals surface area contributed by atoms with Gasteiger partial charge in [0.25, 0.3) is 5.91 Å². The Morgan fingerprint density at radius 1 is 1.04 bits per heavy atom. The molecule has 28 heavy (non-hydrogen) atoms. The second-order valence-electron chi connectivity index (χ2n) is 5.91. The summed E-state index contributed by atoms with van der Waals surface area (Å²) in [5.41, 5.74) is -0.200. The van der Waals surface area contributed by atoms with Crippen LogP contribution in [0.15, 0.2) is 48.7 Å². The van der Waals surface area contributed by atoms with Gasteiger partial charge in [-0.3, -0.25) is 4.79 Å². The predicted molar refractivity (Wildman–Crippen MR) is 94.5 cm³/mol. The zero-order chi connectivity index (χ0) is 20.4. The van der Waals surface area contributed by atoms with E-state index in [9.17, 15) is 22.4 Å². The molecule has 0 radical (unpaired) electrons. The molecule has 1 aromatic heterocycles. The van der Waals surface area contributed by atoms with Gasteiger partial charge in [-0.25, -0.2) is 22.5 Å². The van der Waals surface area contributed by atoms with Gasteiger partial charge in [-0.1, -0.05) is 0 Å². The van der Waals surface area contributed by atoms with Crippen molar-refractivity contribution in [3.63, 3.8) is 0 Å². The van der Waals surface area contributed by atoms with Crippen molar-refractivity contribution in [1.82, 2.24) is 4.98 Å². The highest BCUT2D eigenvalue weighted by molar-refractivity contribution is 6.07. The minimum atomic E-state index is -1.32. The molecule has 8 heteroatoms. The van der Waals surface area contributed by atoms with E-state index < -0.39 is 40.5 Å². The number of ether oxygens (including phenoxy) is 1. The van der Waals surface area contributed by atoms with Gasteiger partial charge < -0.3 is 9.64 Å². The van der Waals surface area contributed by atoms with E-state index in [1.807, 2.05) is 0 Å². The molecule has 0 saturated carbocycles. The van der Waals surface area contributed by atoms with Gasteiger partial charge >= 0.3 is 0 Å². The SMILES string of the molecule is Cc1c(F)c(F)cc(Oc2ncccc2C(=O)N(C)c2ccc(F)cc2)c1F. The number of benzene rings is 2. The predicted octanol–water partition coefficient (Wildman–Crippen LogP) is 5.02. The van der Waals surface area contributed by atoms with Crippen molar-refractivity contribution in [2.45, 2.75) is 6.92 Å². The fourth-order valence-electron chi connectivity index (χ4n) is 2.48. The van der Waals surface area contributed by atoms with Crippen molar-refractivity contribution in [2.75, 3.05) is 11.9 Å². The first-order chi connectivity index (χ1) is 13.3. The molecule has 0 atom stereocenters. The van der Waals surface area contributed by atoms with Crippen molar-refractivity contribution in [3.8, 4) is 11.6 Å². The largest absolute Gasteiger partial charge is 0.435 e. The average Bonchev–Trinajstić information content (AvgIpc) is 2.70. The van der Waals surface area contributed by atoms with Crippen molar-refractivity contribution in [2.24, 2.45) is 0 Å². The molecule has 3 rings (SSSR count). The second kappa shape index (κ2) is 7.67. The summed E-state index contributed by atoms with van der Waals surface area (Å²) in [6.45, 7) is 1.06. The van der Waals surface area contributed by atoms with Crippen molar-refractivity contribution < 1.29 is 27.1 Å². The summed E-state index contributed by atoms with van der Waals surface area (Å²) < 4.78 is 59.7. The van der Waals surface area contributed by atoms with Crippen molar-refractivity contribution in [3.05, 3.63) is 83.1 Å². The van der Waals surface area contributed by atoms with Crippen LogP contribution in [0, 0.1) is 30.2 Å². The number of aromatic nitrogens is 1. The number of rotatable bonds is 4. The third-order valence-electron chi connectivity index (χ3n) is 4.07. The average molecular weight is 390 g/mol. The van der Waals surface area contributed by atoms with E-state index in [1.54, 1.807) is 0 Å². The molecule has 1 amide bonds. The number of pyridine rings is 1. The molecule has 0 aliphatic rings. The fraction of sp³-hybridized carbons (Fsp3) is 0.100. The van der Waals surface area contributed by atoms with Crippen molar-refractivity contribution >= 4 is 11.6 Å². The standard InChI is InChI=1S/C20H14F4N2O2/c1-11-17(23)15(22)10-16(18(11)24)28-19-14(4-3-9-25-19)20(27)26(2)13-7-5-12(21)6-8-13/h3-10H,1-2H3. The molecular weight excluding hydrogens is 376 g/mol. The van der Waals surface area contributed by atoms with Crippen molar-refractivity contribution in [1.29, 1.82) is 0 Å². The van der Waals surface area contributed by atoms with Crippen LogP contribution in [-0.4, -0.2) is 17.9 Å². The molecule has 3 aromatic rings. The van der Waals surface area contributed by atoms with E-state index >= 15 is 0 Å². The molecule has 0 spiro atoms. The lowest BCUT2D eigenvalue weighted by molar-refractivity contribution is 0.0990. The molecule has 0 bridgehead atoms. The Hall–Kier alpha value is -3.42. The zero-order valence-electron chi connectivity index (χ0n) is 14.8. The summed E-state index contributed by atoms with van der Waals surface area (Å²) in [6, 6.07) is 8.59. The lowest BCUT2D eigenvalue weighted by Crippen LogP contribution is -2.26. The Kier molecular flexibility index (Phi) is 5.30. The number of nitrogens with zero attached hydrogens (tertiary/aromatic N) is 2. The Bertz CT molecular complexity index is 1040. The maximum absolute atomic E-state index is 14.2. The lowest BCUT2D eigenvalue weighted by atomic mass is 10.2. The van der Waals surface area contributed by atoms with Crippen LogP contribution in [0.1, 0.15) is 15.9 Å². The van der Waals surface area contributed by atoms with E-state index in [4.69, 9.17) is 4.74 Å². The zero-order valence-corrected chi connectivity index (χ0v) is 14.8. The molecular formula is C20H14F4N2O2. The van der Waals surface area contributed by atoms with Crippen LogP contribution >= 0.6 is 0 Å². The maximum atomic E-state index is 14.2. The Balaban J connectivity index is 1.96. The number of hydrogen-bond acceptors (Lipinski definition) is 3. The van der Waals surface area contributed by atoms with Crippen LogP contribution in [0.25, 0.3) is 0 Å². The lowest BCUT2D eigenvalue weighted by Gasteiger charge is -2.19. The normalized spacial score (nSPS) is 10.6. The van der Waals surface area contributed by atoms with Crippen LogP contribution in [0.2, 0.25) is 0 Å². The second-order valence-corrected chi connectivity index (χ2v) is 5.91. The van der Waals surface area contributed by atoms with E-state index in [2.05, 4.69) is 4.98 Å². The number of halogens is 4. The summed E-state index contributed by atoms with van der Waals surface area (Å²) in [4.78, 5) is 17.9. The van der Waals surface area contributed by atoms with Crippen LogP contribution in [-0.2, 0) is 0 Å². The summed E-state index contributed by atoms with van der Waals surface area (Å²) in [5, 5.41) is 0. The highest BCUT2D eigenvalue weighted by Gasteiger charge is 2.22. The number of amides is 1. The molecule has 144 valence electrons.